The predicted molar refractivity (Wildman–Crippen MR) is 124 cm³/mol. The van der Waals surface area contributed by atoms with Crippen molar-refractivity contribution >= 4 is 5.69 Å². The average molecular weight is 398 g/mol. The van der Waals surface area contributed by atoms with E-state index in [2.05, 4.69) is 83.2 Å². The minimum atomic E-state index is 0.859. The van der Waals surface area contributed by atoms with E-state index in [0.717, 1.165) is 57.0 Å². The Hall–Kier alpha value is -2.30. The van der Waals surface area contributed by atoms with Crippen molar-refractivity contribution in [3.8, 4) is 0 Å². The number of aromatic nitrogens is 3. The van der Waals surface area contributed by atoms with Crippen LogP contribution in [0.2, 0.25) is 0 Å². The quantitative estimate of drug-likeness (QED) is 0.368. The summed E-state index contributed by atoms with van der Waals surface area (Å²) < 4.78 is 2.06. The third kappa shape index (κ3) is 6.91. The molecular formula is C24H39N5. The standard InChI is InChI=1S/C24H39N5/c1-6-10-11-12-21(7-2)19-24-27-26-20(5)29(24)25-18-17-22-13-15-23(16-14-22)28(8-3)9-4/h12-16,25H,6-11,17-19H2,1-5H3. The number of rotatable bonds is 13. The molecule has 0 aliphatic heterocycles. The molecule has 0 fully saturated rings. The maximum atomic E-state index is 4.41. The fourth-order valence-electron chi connectivity index (χ4n) is 3.56. The van der Waals surface area contributed by atoms with Crippen LogP contribution < -0.4 is 10.3 Å². The second-order valence-corrected chi connectivity index (χ2v) is 7.53. The van der Waals surface area contributed by atoms with E-state index < -0.39 is 0 Å². The van der Waals surface area contributed by atoms with Gasteiger partial charge >= 0.3 is 0 Å². The van der Waals surface area contributed by atoms with Gasteiger partial charge in [0.05, 0.1) is 0 Å². The number of nitrogens with one attached hydrogen (secondary N) is 1. The Balaban J connectivity index is 1.94. The first kappa shape index (κ1) is 23.0. The Kier molecular flexibility index (Phi) is 9.75. The van der Waals surface area contributed by atoms with Crippen LogP contribution in [0.1, 0.15) is 70.6 Å². The van der Waals surface area contributed by atoms with Gasteiger partial charge < -0.3 is 10.3 Å². The highest BCUT2D eigenvalue weighted by molar-refractivity contribution is 5.47. The van der Waals surface area contributed by atoms with Crippen molar-refractivity contribution in [2.75, 3.05) is 30.0 Å². The largest absolute Gasteiger partial charge is 0.372 e. The summed E-state index contributed by atoms with van der Waals surface area (Å²) in [6.07, 6.45) is 8.93. The molecule has 5 nitrogen and oxygen atoms in total. The number of anilines is 1. The lowest BCUT2D eigenvalue weighted by molar-refractivity contribution is 0.739. The molecule has 0 saturated carbocycles. The van der Waals surface area contributed by atoms with Crippen LogP contribution in [-0.4, -0.2) is 34.5 Å². The van der Waals surface area contributed by atoms with Crippen LogP contribution in [0.4, 0.5) is 5.69 Å². The van der Waals surface area contributed by atoms with E-state index in [4.69, 9.17) is 0 Å². The van der Waals surface area contributed by atoms with E-state index in [1.807, 2.05) is 6.92 Å². The first-order chi connectivity index (χ1) is 14.1. The maximum absolute atomic E-state index is 4.41. The first-order valence-corrected chi connectivity index (χ1v) is 11.3. The van der Waals surface area contributed by atoms with Gasteiger partial charge in [0.25, 0.3) is 0 Å². The molecule has 0 radical (unpaired) electrons. The minimum Gasteiger partial charge on any atom is -0.372 e. The molecule has 0 aliphatic carbocycles. The van der Waals surface area contributed by atoms with E-state index >= 15 is 0 Å². The Bertz CT molecular complexity index is 741. The fourth-order valence-corrected chi connectivity index (χ4v) is 3.56. The van der Waals surface area contributed by atoms with Gasteiger partial charge in [0.1, 0.15) is 5.82 Å². The zero-order valence-electron chi connectivity index (χ0n) is 19.0. The van der Waals surface area contributed by atoms with E-state index in [9.17, 15) is 0 Å². The van der Waals surface area contributed by atoms with Crippen LogP contribution in [0.5, 0.6) is 0 Å². The molecule has 5 heteroatoms. The zero-order chi connectivity index (χ0) is 21.1. The minimum absolute atomic E-state index is 0.859. The van der Waals surface area contributed by atoms with E-state index in [0.29, 0.717) is 0 Å². The summed E-state index contributed by atoms with van der Waals surface area (Å²) in [5.41, 5.74) is 7.60. The smallest absolute Gasteiger partial charge is 0.156 e. The van der Waals surface area contributed by atoms with Crippen LogP contribution in [-0.2, 0) is 12.8 Å². The Morgan fingerprint density at radius 2 is 1.79 bits per heavy atom. The summed E-state index contributed by atoms with van der Waals surface area (Å²) in [4.78, 5) is 2.37. The van der Waals surface area contributed by atoms with Crippen LogP contribution in [0.15, 0.2) is 35.9 Å². The molecule has 29 heavy (non-hydrogen) atoms. The number of hydrogen-bond donors (Lipinski definition) is 1. The average Bonchev–Trinajstić information content (AvgIpc) is 3.08. The van der Waals surface area contributed by atoms with Gasteiger partial charge in [-0.3, -0.25) is 0 Å². The van der Waals surface area contributed by atoms with E-state index in [1.54, 1.807) is 0 Å². The Morgan fingerprint density at radius 3 is 2.41 bits per heavy atom. The van der Waals surface area contributed by atoms with Crippen molar-refractivity contribution < 1.29 is 0 Å². The van der Waals surface area contributed by atoms with Gasteiger partial charge in [-0.15, -0.1) is 10.2 Å². The lowest BCUT2D eigenvalue weighted by Gasteiger charge is -2.21. The number of unbranched alkanes of at least 4 members (excludes halogenated alkanes) is 2. The molecule has 1 aromatic heterocycles. The van der Waals surface area contributed by atoms with Crippen LogP contribution in [0.3, 0.4) is 0 Å². The van der Waals surface area contributed by atoms with Gasteiger partial charge in [-0.1, -0.05) is 50.5 Å². The Morgan fingerprint density at radius 1 is 1.07 bits per heavy atom. The van der Waals surface area contributed by atoms with Gasteiger partial charge in [-0.25, -0.2) is 4.68 Å². The topological polar surface area (TPSA) is 46.0 Å². The highest BCUT2D eigenvalue weighted by Crippen LogP contribution is 2.15. The number of aryl methyl sites for hydroxylation is 1. The predicted octanol–water partition coefficient (Wildman–Crippen LogP) is 5.29. The summed E-state index contributed by atoms with van der Waals surface area (Å²) in [5.74, 6) is 1.92. The molecule has 0 amide bonds. The molecule has 0 atom stereocenters. The van der Waals surface area contributed by atoms with Gasteiger partial charge in [0.2, 0.25) is 0 Å². The third-order valence-corrected chi connectivity index (χ3v) is 5.47. The molecule has 0 unspecified atom stereocenters. The normalized spacial score (nSPS) is 11.7. The molecular weight excluding hydrogens is 358 g/mol. The summed E-state index contributed by atoms with van der Waals surface area (Å²) in [6, 6.07) is 8.93. The maximum Gasteiger partial charge on any atom is 0.156 e. The molecule has 2 aromatic rings. The third-order valence-electron chi connectivity index (χ3n) is 5.47. The van der Waals surface area contributed by atoms with Crippen LogP contribution in [0, 0.1) is 6.92 Å². The molecule has 1 N–H and O–H groups in total. The summed E-state index contributed by atoms with van der Waals surface area (Å²) in [7, 11) is 0. The van der Waals surface area contributed by atoms with E-state index in [1.165, 1.54) is 29.7 Å². The molecule has 0 saturated heterocycles. The van der Waals surface area contributed by atoms with Crippen molar-refractivity contribution in [1.82, 2.24) is 14.9 Å². The lowest BCUT2D eigenvalue weighted by atomic mass is 10.1. The van der Waals surface area contributed by atoms with E-state index in [-0.39, 0.29) is 0 Å². The van der Waals surface area contributed by atoms with Gasteiger partial charge in [-0.2, -0.15) is 0 Å². The molecule has 160 valence electrons. The first-order valence-electron chi connectivity index (χ1n) is 11.3. The van der Waals surface area contributed by atoms with Gasteiger partial charge in [0.15, 0.2) is 5.82 Å². The molecule has 0 spiro atoms. The second kappa shape index (κ2) is 12.3. The summed E-state index contributed by atoms with van der Waals surface area (Å²) in [6.45, 7) is 13.8. The number of benzene rings is 1. The second-order valence-electron chi connectivity index (χ2n) is 7.53. The van der Waals surface area contributed by atoms with Crippen molar-refractivity contribution in [2.24, 2.45) is 0 Å². The van der Waals surface area contributed by atoms with Crippen molar-refractivity contribution in [3.63, 3.8) is 0 Å². The molecule has 0 bridgehead atoms. The zero-order valence-corrected chi connectivity index (χ0v) is 19.0. The molecule has 1 heterocycles. The Labute approximate surface area is 177 Å². The van der Waals surface area contributed by atoms with Crippen molar-refractivity contribution in [3.05, 3.63) is 53.1 Å². The van der Waals surface area contributed by atoms with Crippen molar-refractivity contribution in [2.45, 2.75) is 73.1 Å². The summed E-state index contributed by atoms with van der Waals surface area (Å²) in [5, 5.41) is 8.70. The fraction of sp³-hybridized carbons (Fsp3) is 0.583. The number of nitrogens with zero attached hydrogens (tertiary/aromatic N) is 4. The lowest BCUT2D eigenvalue weighted by Crippen LogP contribution is -2.22. The SMILES string of the molecule is CCCCC=C(CC)Cc1nnc(C)n1NCCc1ccc(N(CC)CC)cc1. The number of hydrogen-bond acceptors (Lipinski definition) is 4. The summed E-state index contributed by atoms with van der Waals surface area (Å²) >= 11 is 0. The van der Waals surface area contributed by atoms with Crippen LogP contribution in [0.25, 0.3) is 0 Å². The molecule has 2 rings (SSSR count). The number of allylic oxidation sites excluding steroid dienone is 2. The van der Waals surface area contributed by atoms with Crippen LogP contribution >= 0.6 is 0 Å². The van der Waals surface area contributed by atoms with Crippen molar-refractivity contribution in [1.29, 1.82) is 0 Å². The highest BCUT2D eigenvalue weighted by Gasteiger charge is 2.10. The molecule has 1 aromatic carbocycles. The van der Waals surface area contributed by atoms with Gasteiger partial charge in [-0.05, 0) is 57.7 Å². The highest BCUT2D eigenvalue weighted by atomic mass is 15.5. The molecule has 0 aliphatic rings. The monoisotopic (exact) mass is 397 g/mol. The van der Waals surface area contributed by atoms with Gasteiger partial charge in [0, 0.05) is 31.7 Å².